The van der Waals surface area contributed by atoms with E-state index in [1.165, 1.54) is 11.3 Å². The summed E-state index contributed by atoms with van der Waals surface area (Å²) < 4.78 is 4.26. The number of nitrogens with zero attached hydrogens (tertiary/aromatic N) is 2. The number of aryl methyl sites for hydroxylation is 1. The number of hydrogen-bond acceptors (Lipinski definition) is 2. The van der Waals surface area contributed by atoms with Gasteiger partial charge in [0.05, 0.1) is 11.7 Å². The van der Waals surface area contributed by atoms with E-state index in [2.05, 4.69) is 85.1 Å². The Bertz CT molecular complexity index is 560. The van der Waals surface area contributed by atoms with Crippen LogP contribution in [-0.4, -0.2) is 16.3 Å². The predicted octanol–water partition coefficient (Wildman–Crippen LogP) is 4.91. The second-order valence-corrected chi connectivity index (χ2v) is 6.90. The van der Waals surface area contributed by atoms with Crippen molar-refractivity contribution < 1.29 is 0 Å². The Kier molecular flexibility index (Phi) is 6.45. The zero-order valence-electron chi connectivity index (χ0n) is 12.4. The smallest absolute Gasteiger partial charge is 0.0749 e. The molecule has 5 heteroatoms. The molecule has 114 valence electrons. The van der Waals surface area contributed by atoms with Crippen molar-refractivity contribution in [1.82, 2.24) is 15.1 Å². The van der Waals surface area contributed by atoms with Crippen LogP contribution in [0.25, 0.3) is 0 Å². The second kappa shape index (κ2) is 8.11. The molecule has 0 aliphatic heterocycles. The molecule has 0 saturated carbocycles. The number of halogens is 2. The molecule has 0 saturated heterocycles. The van der Waals surface area contributed by atoms with E-state index >= 15 is 0 Å². The lowest BCUT2D eigenvalue weighted by atomic mass is 10.0. The molecule has 1 aromatic carbocycles. The number of nitrogens with one attached hydrogen (secondary N) is 1. The van der Waals surface area contributed by atoms with E-state index in [1.807, 2.05) is 6.20 Å². The molecular formula is C16H21Br2N3. The Balaban J connectivity index is 2.39. The van der Waals surface area contributed by atoms with Crippen molar-refractivity contribution in [1.29, 1.82) is 0 Å². The highest BCUT2D eigenvalue weighted by Crippen LogP contribution is 2.28. The van der Waals surface area contributed by atoms with Gasteiger partial charge in [0.1, 0.15) is 0 Å². The first-order valence-electron chi connectivity index (χ1n) is 7.36. The molecule has 1 unspecified atom stereocenters. The molecule has 1 heterocycles. The quantitative estimate of drug-likeness (QED) is 0.697. The summed E-state index contributed by atoms with van der Waals surface area (Å²) in [5, 5.41) is 8.10. The van der Waals surface area contributed by atoms with Gasteiger partial charge in [-0.05, 0) is 49.2 Å². The molecule has 0 aliphatic carbocycles. The fourth-order valence-electron chi connectivity index (χ4n) is 2.41. The van der Waals surface area contributed by atoms with Crippen LogP contribution in [0.1, 0.15) is 44.0 Å². The monoisotopic (exact) mass is 413 g/mol. The maximum Gasteiger partial charge on any atom is 0.0749 e. The van der Waals surface area contributed by atoms with E-state index in [0.717, 1.165) is 34.9 Å². The summed E-state index contributed by atoms with van der Waals surface area (Å²) in [5.74, 6) is 0. The van der Waals surface area contributed by atoms with E-state index in [9.17, 15) is 0 Å². The summed E-state index contributed by atoms with van der Waals surface area (Å²) in [5.41, 5.74) is 2.46. The van der Waals surface area contributed by atoms with Crippen LogP contribution in [0.15, 0.2) is 39.4 Å². The number of aromatic nitrogens is 2. The highest BCUT2D eigenvalue weighted by molar-refractivity contribution is 9.11. The van der Waals surface area contributed by atoms with Crippen LogP contribution in [0, 0.1) is 0 Å². The lowest BCUT2D eigenvalue weighted by molar-refractivity contribution is 0.511. The summed E-state index contributed by atoms with van der Waals surface area (Å²) in [4.78, 5) is 0. The van der Waals surface area contributed by atoms with Crippen molar-refractivity contribution >= 4 is 31.9 Å². The minimum absolute atomic E-state index is 0.160. The predicted molar refractivity (Wildman–Crippen MR) is 94.5 cm³/mol. The number of hydrogen-bond donors (Lipinski definition) is 1. The molecule has 0 bridgehead atoms. The minimum atomic E-state index is 0.160. The van der Waals surface area contributed by atoms with Gasteiger partial charge in [-0.25, -0.2) is 0 Å². The van der Waals surface area contributed by atoms with Gasteiger partial charge in [0.15, 0.2) is 0 Å². The van der Waals surface area contributed by atoms with Crippen molar-refractivity contribution in [2.45, 2.75) is 39.3 Å². The zero-order chi connectivity index (χ0) is 15.2. The average molecular weight is 415 g/mol. The van der Waals surface area contributed by atoms with Crippen LogP contribution in [0.4, 0.5) is 0 Å². The minimum Gasteiger partial charge on any atom is -0.305 e. The Labute approximate surface area is 143 Å². The van der Waals surface area contributed by atoms with Crippen molar-refractivity contribution in [2.75, 3.05) is 6.54 Å². The maximum absolute atomic E-state index is 4.46. The van der Waals surface area contributed by atoms with E-state index in [1.54, 1.807) is 0 Å². The molecule has 3 nitrogen and oxygen atoms in total. The molecule has 1 atom stereocenters. The van der Waals surface area contributed by atoms with Gasteiger partial charge in [0, 0.05) is 21.7 Å². The molecule has 0 fully saturated rings. The highest BCUT2D eigenvalue weighted by Gasteiger charge is 2.18. The molecule has 2 aromatic rings. The van der Waals surface area contributed by atoms with Gasteiger partial charge in [-0.1, -0.05) is 45.7 Å². The summed E-state index contributed by atoms with van der Waals surface area (Å²) in [6, 6.07) is 8.66. The van der Waals surface area contributed by atoms with Gasteiger partial charge < -0.3 is 5.32 Å². The molecular weight excluding hydrogens is 394 g/mol. The van der Waals surface area contributed by atoms with E-state index in [0.29, 0.717) is 0 Å². The summed E-state index contributed by atoms with van der Waals surface area (Å²) in [6.07, 6.45) is 4.07. The van der Waals surface area contributed by atoms with Gasteiger partial charge in [-0.3, -0.25) is 4.68 Å². The van der Waals surface area contributed by atoms with Crippen LogP contribution in [0.2, 0.25) is 0 Å². The second-order valence-electron chi connectivity index (χ2n) is 5.07. The summed E-state index contributed by atoms with van der Waals surface area (Å²) in [7, 11) is 0. The Morgan fingerprint density at radius 3 is 2.48 bits per heavy atom. The van der Waals surface area contributed by atoms with E-state index in [4.69, 9.17) is 0 Å². The SMILES string of the molecule is CCCNC(c1cc(Br)cc(Br)c1)c1ccnn1CCC. The molecule has 2 rings (SSSR count). The summed E-state index contributed by atoms with van der Waals surface area (Å²) in [6.45, 7) is 6.29. The Morgan fingerprint density at radius 1 is 1.14 bits per heavy atom. The molecule has 1 N–H and O–H groups in total. The third kappa shape index (κ3) is 4.41. The lowest BCUT2D eigenvalue weighted by Gasteiger charge is -2.21. The third-order valence-electron chi connectivity index (χ3n) is 3.30. The lowest BCUT2D eigenvalue weighted by Crippen LogP contribution is -2.26. The van der Waals surface area contributed by atoms with Gasteiger partial charge in [-0.2, -0.15) is 5.10 Å². The highest BCUT2D eigenvalue weighted by atomic mass is 79.9. The average Bonchev–Trinajstić information content (AvgIpc) is 2.87. The molecule has 0 radical (unpaired) electrons. The Hall–Kier alpha value is -0.650. The number of benzene rings is 1. The number of rotatable bonds is 7. The first kappa shape index (κ1) is 16.7. The molecule has 0 spiro atoms. The van der Waals surface area contributed by atoms with Gasteiger partial charge in [0.2, 0.25) is 0 Å². The van der Waals surface area contributed by atoms with Crippen LogP contribution in [0.5, 0.6) is 0 Å². The van der Waals surface area contributed by atoms with Crippen molar-refractivity contribution in [3.8, 4) is 0 Å². The molecule has 0 amide bonds. The van der Waals surface area contributed by atoms with Crippen molar-refractivity contribution in [3.05, 3.63) is 50.7 Å². The van der Waals surface area contributed by atoms with Crippen molar-refractivity contribution in [2.24, 2.45) is 0 Å². The van der Waals surface area contributed by atoms with Gasteiger partial charge >= 0.3 is 0 Å². The summed E-state index contributed by atoms with van der Waals surface area (Å²) >= 11 is 7.16. The molecule has 0 aliphatic rings. The van der Waals surface area contributed by atoms with Crippen molar-refractivity contribution in [3.63, 3.8) is 0 Å². The topological polar surface area (TPSA) is 29.9 Å². The molecule has 1 aromatic heterocycles. The van der Waals surface area contributed by atoms with Gasteiger partial charge in [-0.15, -0.1) is 0 Å². The van der Waals surface area contributed by atoms with E-state index in [-0.39, 0.29) is 6.04 Å². The fraction of sp³-hybridized carbons (Fsp3) is 0.438. The van der Waals surface area contributed by atoms with Crippen LogP contribution in [-0.2, 0) is 6.54 Å². The normalized spacial score (nSPS) is 12.6. The standard InChI is InChI=1S/C16H21Br2N3/c1-3-6-19-16(12-9-13(17)11-14(18)10-12)15-5-7-20-21(15)8-4-2/h5,7,9-11,16,19H,3-4,6,8H2,1-2H3. The fourth-order valence-corrected chi connectivity index (χ4v) is 3.74. The Morgan fingerprint density at radius 2 is 1.86 bits per heavy atom. The first-order valence-corrected chi connectivity index (χ1v) is 8.95. The van der Waals surface area contributed by atoms with Crippen LogP contribution < -0.4 is 5.32 Å². The first-order chi connectivity index (χ1) is 10.2. The molecule has 21 heavy (non-hydrogen) atoms. The zero-order valence-corrected chi connectivity index (χ0v) is 15.6. The van der Waals surface area contributed by atoms with E-state index < -0.39 is 0 Å². The maximum atomic E-state index is 4.46. The van der Waals surface area contributed by atoms with Gasteiger partial charge in [0.25, 0.3) is 0 Å². The van der Waals surface area contributed by atoms with Crippen LogP contribution >= 0.6 is 31.9 Å². The largest absolute Gasteiger partial charge is 0.305 e. The third-order valence-corrected chi connectivity index (χ3v) is 4.21. The van der Waals surface area contributed by atoms with Crippen LogP contribution in [0.3, 0.4) is 0 Å².